The molecule has 0 unspecified atom stereocenters. The van der Waals surface area contributed by atoms with Crippen LogP contribution in [-0.4, -0.2) is 39.0 Å². The molecule has 1 aliphatic rings. The largest absolute Gasteiger partial charge is 0.489 e. The smallest absolute Gasteiger partial charge is 0.251 e. The summed E-state index contributed by atoms with van der Waals surface area (Å²) in [4.78, 5) is 28.2. The number of aromatic amines is 1. The first-order valence-electron chi connectivity index (χ1n) is 10.8. The third-order valence-corrected chi connectivity index (χ3v) is 6.02. The van der Waals surface area contributed by atoms with Gasteiger partial charge in [0.1, 0.15) is 18.0 Å². The molecule has 5 rings (SSSR count). The highest BCUT2D eigenvalue weighted by Gasteiger charge is 2.23. The molecule has 2 aromatic carbocycles. The second-order valence-electron chi connectivity index (χ2n) is 8.09. The Hall–Kier alpha value is -3.87. The molecule has 7 heteroatoms. The Morgan fingerprint density at radius 2 is 1.88 bits per heavy atom. The maximum absolute atomic E-state index is 12.5. The van der Waals surface area contributed by atoms with Crippen molar-refractivity contribution >= 4 is 12.1 Å². The Morgan fingerprint density at radius 3 is 2.66 bits per heavy atom. The predicted molar refractivity (Wildman–Crippen MR) is 122 cm³/mol. The van der Waals surface area contributed by atoms with Gasteiger partial charge in [-0.25, -0.2) is 4.52 Å². The highest BCUT2D eigenvalue weighted by Crippen LogP contribution is 2.31. The molecule has 1 N–H and O–H groups in total. The van der Waals surface area contributed by atoms with E-state index in [0.29, 0.717) is 25.3 Å². The van der Waals surface area contributed by atoms with Gasteiger partial charge in [-0.3, -0.25) is 9.59 Å². The summed E-state index contributed by atoms with van der Waals surface area (Å²) >= 11 is 0. The molecular formula is C25H24N4O3. The van der Waals surface area contributed by atoms with Gasteiger partial charge < -0.3 is 14.6 Å². The number of hydrogen-bond donors (Lipinski definition) is 1. The quantitative estimate of drug-likeness (QED) is 0.476. The molecule has 1 amide bonds. The minimum Gasteiger partial charge on any atom is -0.489 e. The zero-order valence-corrected chi connectivity index (χ0v) is 17.6. The first kappa shape index (κ1) is 20.1. The van der Waals surface area contributed by atoms with Crippen LogP contribution in [-0.2, 0) is 11.4 Å². The molecule has 0 radical (unpaired) electrons. The Morgan fingerprint density at radius 1 is 1.06 bits per heavy atom. The van der Waals surface area contributed by atoms with Crippen LogP contribution in [0.25, 0.3) is 16.8 Å². The molecule has 0 aliphatic carbocycles. The minimum atomic E-state index is -0.149. The van der Waals surface area contributed by atoms with E-state index in [-0.39, 0.29) is 11.5 Å². The summed E-state index contributed by atoms with van der Waals surface area (Å²) in [6.45, 7) is 1.87. The van der Waals surface area contributed by atoms with E-state index < -0.39 is 0 Å². The molecule has 0 bridgehead atoms. The number of rotatable bonds is 6. The molecule has 1 fully saturated rings. The Kier molecular flexibility index (Phi) is 5.46. The van der Waals surface area contributed by atoms with E-state index in [1.54, 1.807) is 17.2 Å². The highest BCUT2D eigenvalue weighted by atomic mass is 16.5. The first-order chi connectivity index (χ1) is 15.7. The fourth-order valence-electron chi connectivity index (χ4n) is 4.31. The number of carbonyl (C=O) groups is 1. The lowest BCUT2D eigenvalue weighted by atomic mass is 9.93. The van der Waals surface area contributed by atoms with Crippen LogP contribution < -0.4 is 10.3 Å². The zero-order chi connectivity index (χ0) is 21.9. The number of carbonyl (C=O) groups excluding carboxylic acids is 1. The van der Waals surface area contributed by atoms with E-state index in [0.717, 1.165) is 47.4 Å². The Bertz CT molecular complexity index is 1290. The summed E-state index contributed by atoms with van der Waals surface area (Å²) in [5.41, 5.74) is 4.28. The number of aromatic nitrogens is 3. The van der Waals surface area contributed by atoms with Gasteiger partial charge in [-0.15, -0.1) is 0 Å². The lowest BCUT2D eigenvalue weighted by Crippen LogP contribution is -2.32. The normalized spacial score (nSPS) is 14.6. The van der Waals surface area contributed by atoms with E-state index in [4.69, 9.17) is 4.74 Å². The first-order valence-corrected chi connectivity index (χ1v) is 10.8. The molecular weight excluding hydrogens is 404 g/mol. The number of likely N-dealkylation sites (tertiary alicyclic amines) is 1. The molecule has 3 heterocycles. The summed E-state index contributed by atoms with van der Waals surface area (Å²) in [7, 11) is 0. The monoisotopic (exact) mass is 428 g/mol. The van der Waals surface area contributed by atoms with Crippen LogP contribution in [0.1, 0.15) is 30.0 Å². The van der Waals surface area contributed by atoms with Gasteiger partial charge in [-0.05, 0) is 36.1 Å². The number of fused-ring (bicyclic) bond motifs is 1. The summed E-state index contributed by atoms with van der Waals surface area (Å²) < 4.78 is 7.80. The SMILES string of the molecule is O=CN1CCC(c2cc(=O)[nH]c3c(-c4cccc(OCc5ccccc5)c4)cnn23)CC1. The van der Waals surface area contributed by atoms with Crippen molar-refractivity contribution in [1.29, 1.82) is 0 Å². The summed E-state index contributed by atoms with van der Waals surface area (Å²) in [5, 5.41) is 4.60. The number of ether oxygens (including phenoxy) is 1. The average molecular weight is 428 g/mol. The van der Waals surface area contributed by atoms with Gasteiger partial charge in [-0.2, -0.15) is 5.10 Å². The third-order valence-electron chi connectivity index (χ3n) is 6.02. The third kappa shape index (κ3) is 4.01. The van der Waals surface area contributed by atoms with Crippen molar-refractivity contribution in [2.45, 2.75) is 25.4 Å². The molecule has 162 valence electrons. The fraction of sp³-hybridized carbons (Fsp3) is 0.240. The van der Waals surface area contributed by atoms with Crippen molar-refractivity contribution in [2.75, 3.05) is 13.1 Å². The van der Waals surface area contributed by atoms with E-state index in [1.807, 2.05) is 59.1 Å². The second-order valence-corrected chi connectivity index (χ2v) is 8.09. The lowest BCUT2D eigenvalue weighted by Gasteiger charge is -2.29. The lowest BCUT2D eigenvalue weighted by molar-refractivity contribution is -0.119. The van der Waals surface area contributed by atoms with E-state index >= 15 is 0 Å². The molecule has 1 saturated heterocycles. The van der Waals surface area contributed by atoms with E-state index in [1.165, 1.54) is 0 Å². The van der Waals surface area contributed by atoms with Crippen LogP contribution in [0, 0.1) is 0 Å². The van der Waals surface area contributed by atoms with Gasteiger partial charge in [0.25, 0.3) is 5.56 Å². The summed E-state index contributed by atoms with van der Waals surface area (Å²) in [6.07, 6.45) is 4.30. The van der Waals surface area contributed by atoms with Gasteiger partial charge >= 0.3 is 0 Å². The van der Waals surface area contributed by atoms with Crippen molar-refractivity contribution in [3.63, 3.8) is 0 Å². The molecule has 4 aromatic rings. The highest BCUT2D eigenvalue weighted by molar-refractivity contribution is 5.77. The number of nitrogens with zero attached hydrogens (tertiary/aromatic N) is 3. The molecule has 0 saturated carbocycles. The average Bonchev–Trinajstić information content (AvgIpc) is 3.27. The van der Waals surface area contributed by atoms with Crippen LogP contribution in [0.4, 0.5) is 0 Å². The summed E-state index contributed by atoms with van der Waals surface area (Å²) in [5.74, 6) is 0.940. The number of piperidine rings is 1. The van der Waals surface area contributed by atoms with Crippen molar-refractivity contribution in [2.24, 2.45) is 0 Å². The van der Waals surface area contributed by atoms with Crippen molar-refractivity contribution < 1.29 is 9.53 Å². The van der Waals surface area contributed by atoms with Crippen LogP contribution >= 0.6 is 0 Å². The van der Waals surface area contributed by atoms with Gasteiger partial charge in [0.05, 0.1) is 11.9 Å². The number of benzene rings is 2. The molecule has 32 heavy (non-hydrogen) atoms. The van der Waals surface area contributed by atoms with Crippen molar-refractivity contribution in [1.82, 2.24) is 19.5 Å². The number of H-pyrrole nitrogens is 1. The van der Waals surface area contributed by atoms with Gasteiger partial charge in [-0.1, -0.05) is 42.5 Å². The van der Waals surface area contributed by atoms with E-state index in [9.17, 15) is 9.59 Å². The van der Waals surface area contributed by atoms with Crippen molar-refractivity contribution in [3.05, 3.63) is 88.5 Å². The van der Waals surface area contributed by atoms with Crippen molar-refractivity contribution in [3.8, 4) is 16.9 Å². The van der Waals surface area contributed by atoms with Crippen LogP contribution in [0.3, 0.4) is 0 Å². The number of nitrogens with one attached hydrogen (secondary N) is 1. The van der Waals surface area contributed by atoms with Crippen LogP contribution in [0.2, 0.25) is 0 Å². The molecule has 0 atom stereocenters. The van der Waals surface area contributed by atoms with Gasteiger partial charge in [0.2, 0.25) is 6.41 Å². The number of amides is 1. The number of hydrogen-bond acceptors (Lipinski definition) is 4. The molecule has 7 nitrogen and oxygen atoms in total. The van der Waals surface area contributed by atoms with Gasteiger partial charge in [0, 0.05) is 30.6 Å². The summed E-state index contributed by atoms with van der Waals surface area (Å²) in [6, 6.07) is 19.5. The predicted octanol–water partition coefficient (Wildman–Crippen LogP) is 3.60. The fourth-order valence-corrected chi connectivity index (χ4v) is 4.31. The van der Waals surface area contributed by atoms with Crippen LogP contribution in [0.5, 0.6) is 5.75 Å². The Labute approximate surface area is 185 Å². The van der Waals surface area contributed by atoms with Gasteiger partial charge in [0.15, 0.2) is 0 Å². The Balaban J connectivity index is 1.44. The molecule has 1 aliphatic heterocycles. The maximum atomic E-state index is 12.5. The second kappa shape index (κ2) is 8.70. The molecule has 0 spiro atoms. The zero-order valence-electron chi connectivity index (χ0n) is 17.6. The maximum Gasteiger partial charge on any atom is 0.251 e. The minimum absolute atomic E-state index is 0.149. The topological polar surface area (TPSA) is 79.7 Å². The molecule has 2 aromatic heterocycles. The van der Waals surface area contributed by atoms with E-state index in [2.05, 4.69) is 10.1 Å². The standard InChI is InChI=1S/C25H24N4O3/c30-17-28-11-9-19(10-12-28)23-14-24(31)27-25-22(15-26-29(23)25)20-7-4-8-21(13-20)32-16-18-5-2-1-3-6-18/h1-8,13-15,17,19H,9-12,16H2,(H,27,31). The van der Waals surface area contributed by atoms with Crippen LogP contribution in [0.15, 0.2) is 71.7 Å².